The van der Waals surface area contributed by atoms with Gasteiger partial charge in [-0.15, -0.1) is 0 Å². The smallest absolute Gasteiger partial charge is 0.337 e. The lowest BCUT2D eigenvalue weighted by Crippen LogP contribution is -2.13. The average molecular weight is 179 g/mol. The summed E-state index contributed by atoms with van der Waals surface area (Å²) in [6, 6.07) is 1.67. The molecule has 1 aromatic heterocycles. The molecule has 0 aromatic carbocycles. The Morgan fingerprint density at radius 3 is 3.23 bits per heavy atom. The number of nitrogens with zero attached hydrogens (tertiary/aromatic N) is 1. The van der Waals surface area contributed by atoms with Crippen LogP contribution < -0.4 is 0 Å². The van der Waals surface area contributed by atoms with Gasteiger partial charge in [-0.25, -0.2) is 4.79 Å². The van der Waals surface area contributed by atoms with Gasteiger partial charge < -0.3 is 9.84 Å². The van der Waals surface area contributed by atoms with E-state index in [0.29, 0.717) is 13.2 Å². The van der Waals surface area contributed by atoms with Gasteiger partial charge in [0.1, 0.15) is 0 Å². The Balaban J connectivity index is 2.40. The molecule has 0 spiro atoms. The lowest BCUT2D eigenvalue weighted by Gasteiger charge is -2.14. The summed E-state index contributed by atoms with van der Waals surface area (Å²) in [5.74, 6) is -0.929. The van der Waals surface area contributed by atoms with Gasteiger partial charge in [0.15, 0.2) is 0 Å². The largest absolute Gasteiger partial charge is 0.478 e. The van der Waals surface area contributed by atoms with Gasteiger partial charge in [0.25, 0.3) is 0 Å². The quantitative estimate of drug-likeness (QED) is 0.694. The van der Waals surface area contributed by atoms with E-state index in [9.17, 15) is 4.79 Å². The van der Waals surface area contributed by atoms with E-state index in [0.717, 1.165) is 17.7 Å². The minimum absolute atomic E-state index is 0.251. The third-order valence-electron chi connectivity index (χ3n) is 2.06. The summed E-state index contributed by atoms with van der Waals surface area (Å²) in [4.78, 5) is 14.7. The van der Waals surface area contributed by atoms with Gasteiger partial charge in [0.05, 0.1) is 24.5 Å². The molecule has 4 nitrogen and oxygen atoms in total. The van der Waals surface area contributed by atoms with Crippen molar-refractivity contribution >= 4 is 5.97 Å². The highest BCUT2D eigenvalue weighted by molar-refractivity contribution is 5.87. The number of aromatic carboxylic acids is 1. The number of carboxylic acids is 1. The minimum atomic E-state index is -0.929. The number of pyridine rings is 1. The zero-order valence-electron chi connectivity index (χ0n) is 6.99. The topological polar surface area (TPSA) is 59.4 Å². The summed E-state index contributed by atoms with van der Waals surface area (Å²) < 4.78 is 5.19. The van der Waals surface area contributed by atoms with Crippen LogP contribution in [0, 0.1) is 0 Å². The number of carbonyl (C=O) groups is 1. The van der Waals surface area contributed by atoms with Gasteiger partial charge in [-0.1, -0.05) is 0 Å². The third kappa shape index (κ3) is 1.53. The molecule has 0 bridgehead atoms. The number of fused-ring (bicyclic) bond motifs is 1. The van der Waals surface area contributed by atoms with E-state index in [1.807, 2.05) is 0 Å². The highest BCUT2D eigenvalue weighted by Gasteiger charge is 2.13. The molecule has 0 fully saturated rings. The Kier molecular flexibility index (Phi) is 1.98. The molecule has 1 aliphatic heterocycles. The Labute approximate surface area is 75.2 Å². The van der Waals surface area contributed by atoms with Crippen molar-refractivity contribution in [3.8, 4) is 0 Å². The van der Waals surface area contributed by atoms with Crippen molar-refractivity contribution in [1.82, 2.24) is 4.98 Å². The standard InChI is InChI=1S/C9H9NO3/c11-9(12)7-3-6-1-2-13-5-8(6)10-4-7/h3-4H,1-2,5H2,(H,11,12). The monoisotopic (exact) mass is 179 g/mol. The van der Waals surface area contributed by atoms with E-state index in [1.54, 1.807) is 6.07 Å². The second-order valence-electron chi connectivity index (χ2n) is 2.94. The van der Waals surface area contributed by atoms with Crippen molar-refractivity contribution in [3.63, 3.8) is 0 Å². The van der Waals surface area contributed by atoms with Crippen LogP contribution in [0.1, 0.15) is 21.6 Å². The number of ether oxygens (including phenoxy) is 1. The maximum absolute atomic E-state index is 10.6. The highest BCUT2D eigenvalue weighted by Crippen LogP contribution is 2.15. The third-order valence-corrected chi connectivity index (χ3v) is 2.06. The Morgan fingerprint density at radius 2 is 2.46 bits per heavy atom. The molecule has 1 aromatic rings. The van der Waals surface area contributed by atoms with Gasteiger partial charge >= 0.3 is 5.97 Å². The van der Waals surface area contributed by atoms with Crippen LogP contribution in [-0.4, -0.2) is 22.7 Å². The van der Waals surface area contributed by atoms with Crippen molar-refractivity contribution in [2.75, 3.05) is 6.61 Å². The van der Waals surface area contributed by atoms with Crippen LogP contribution in [0.3, 0.4) is 0 Å². The number of rotatable bonds is 1. The van der Waals surface area contributed by atoms with Crippen LogP contribution in [0.2, 0.25) is 0 Å². The fraction of sp³-hybridized carbons (Fsp3) is 0.333. The summed E-state index contributed by atoms with van der Waals surface area (Å²) in [5, 5.41) is 8.72. The second-order valence-corrected chi connectivity index (χ2v) is 2.94. The van der Waals surface area contributed by atoms with Gasteiger partial charge in [0.2, 0.25) is 0 Å². The number of carboxylic acid groups (broad SMARTS) is 1. The van der Waals surface area contributed by atoms with Crippen molar-refractivity contribution in [1.29, 1.82) is 0 Å². The fourth-order valence-electron chi connectivity index (χ4n) is 1.35. The Morgan fingerprint density at radius 1 is 1.62 bits per heavy atom. The fourth-order valence-corrected chi connectivity index (χ4v) is 1.35. The van der Waals surface area contributed by atoms with Crippen molar-refractivity contribution in [2.45, 2.75) is 13.0 Å². The first-order chi connectivity index (χ1) is 6.27. The van der Waals surface area contributed by atoms with E-state index in [2.05, 4.69) is 4.98 Å². The summed E-state index contributed by atoms with van der Waals surface area (Å²) in [6.07, 6.45) is 2.12. The molecule has 4 heteroatoms. The van der Waals surface area contributed by atoms with Crippen LogP contribution in [-0.2, 0) is 17.8 Å². The van der Waals surface area contributed by atoms with E-state index in [4.69, 9.17) is 9.84 Å². The van der Waals surface area contributed by atoms with Crippen LogP contribution in [0.5, 0.6) is 0 Å². The Hall–Kier alpha value is -1.42. The van der Waals surface area contributed by atoms with E-state index < -0.39 is 5.97 Å². The van der Waals surface area contributed by atoms with Crippen molar-refractivity contribution in [2.24, 2.45) is 0 Å². The summed E-state index contributed by atoms with van der Waals surface area (Å²) in [5.41, 5.74) is 2.10. The molecular formula is C9H9NO3. The molecule has 2 heterocycles. The predicted octanol–water partition coefficient (Wildman–Crippen LogP) is 0.853. The molecule has 0 saturated carbocycles. The lowest BCUT2D eigenvalue weighted by atomic mass is 10.1. The zero-order chi connectivity index (χ0) is 9.26. The van der Waals surface area contributed by atoms with Crippen molar-refractivity contribution in [3.05, 3.63) is 29.1 Å². The molecule has 1 aliphatic rings. The molecule has 13 heavy (non-hydrogen) atoms. The maximum Gasteiger partial charge on any atom is 0.337 e. The first-order valence-electron chi connectivity index (χ1n) is 4.06. The summed E-state index contributed by atoms with van der Waals surface area (Å²) >= 11 is 0. The van der Waals surface area contributed by atoms with Gasteiger partial charge in [-0.2, -0.15) is 0 Å². The van der Waals surface area contributed by atoms with Crippen molar-refractivity contribution < 1.29 is 14.6 Å². The van der Waals surface area contributed by atoms with Crippen LogP contribution in [0.15, 0.2) is 12.3 Å². The summed E-state index contributed by atoms with van der Waals surface area (Å²) in [7, 11) is 0. The number of aromatic nitrogens is 1. The normalized spacial score (nSPS) is 15.1. The predicted molar refractivity (Wildman–Crippen MR) is 44.6 cm³/mol. The van der Waals surface area contributed by atoms with E-state index >= 15 is 0 Å². The molecule has 68 valence electrons. The van der Waals surface area contributed by atoms with Gasteiger partial charge in [0, 0.05) is 6.20 Å². The first-order valence-corrected chi connectivity index (χ1v) is 4.06. The molecule has 1 N–H and O–H groups in total. The zero-order valence-corrected chi connectivity index (χ0v) is 6.99. The van der Waals surface area contributed by atoms with Crippen LogP contribution in [0.4, 0.5) is 0 Å². The maximum atomic E-state index is 10.6. The lowest BCUT2D eigenvalue weighted by molar-refractivity contribution is 0.0694. The minimum Gasteiger partial charge on any atom is -0.478 e. The van der Waals surface area contributed by atoms with E-state index in [1.165, 1.54) is 6.20 Å². The SMILES string of the molecule is O=C(O)c1cnc2c(c1)CCOC2. The molecule has 0 radical (unpaired) electrons. The molecular weight excluding hydrogens is 170 g/mol. The average Bonchev–Trinajstić information content (AvgIpc) is 2.17. The Bertz CT molecular complexity index is 349. The second kappa shape index (κ2) is 3.14. The highest BCUT2D eigenvalue weighted by atomic mass is 16.5. The van der Waals surface area contributed by atoms with Crippen LogP contribution in [0.25, 0.3) is 0 Å². The molecule has 2 rings (SSSR count). The summed E-state index contributed by atoms with van der Waals surface area (Å²) in [6.45, 7) is 1.15. The first kappa shape index (κ1) is 8.19. The van der Waals surface area contributed by atoms with Crippen LogP contribution >= 0.6 is 0 Å². The number of hydrogen-bond donors (Lipinski definition) is 1. The number of hydrogen-bond acceptors (Lipinski definition) is 3. The molecule has 0 saturated heterocycles. The molecule has 0 unspecified atom stereocenters. The van der Waals surface area contributed by atoms with E-state index in [-0.39, 0.29) is 5.56 Å². The molecule has 0 amide bonds. The van der Waals surface area contributed by atoms with Gasteiger partial charge in [-0.3, -0.25) is 4.98 Å². The molecule has 0 aliphatic carbocycles. The molecule has 0 atom stereocenters. The van der Waals surface area contributed by atoms with Gasteiger partial charge in [-0.05, 0) is 18.1 Å².